The van der Waals surface area contributed by atoms with Crippen LogP contribution in [0.1, 0.15) is 31.7 Å². The van der Waals surface area contributed by atoms with Gasteiger partial charge in [0.25, 0.3) is 0 Å². The summed E-state index contributed by atoms with van der Waals surface area (Å²) >= 11 is 6.11. The molecule has 0 saturated carbocycles. The number of benzene rings is 1. The van der Waals surface area contributed by atoms with E-state index in [0.717, 1.165) is 24.8 Å². The SMILES string of the molecule is Cc1cc(Cl)c(S(=O)(=O)N2CCCC(C)CC2)cc1N. The van der Waals surface area contributed by atoms with Gasteiger partial charge in [-0.3, -0.25) is 0 Å². The summed E-state index contributed by atoms with van der Waals surface area (Å²) in [7, 11) is -3.56. The number of nitrogens with zero attached hydrogens (tertiary/aromatic N) is 1. The first kappa shape index (κ1) is 15.6. The lowest BCUT2D eigenvalue weighted by molar-refractivity contribution is 0.417. The summed E-state index contributed by atoms with van der Waals surface area (Å²) in [5.41, 5.74) is 7.07. The number of nitrogens with two attached hydrogens (primary N) is 1. The van der Waals surface area contributed by atoms with E-state index in [-0.39, 0.29) is 9.92 Å². The summed E-state index contributed by atoms with van der Waals surface area (Å²) in [6, 6.07) is 3.09. The van der Waals surface area contributed by atoms with E-state index < -0.39 is 10.0 Å². The molecule has 0 bridgehead atoms. The first-order valence-corrected chi connectivity index (χ1v) is 8.70. The van der Waals surface area contributed by atoms with Gasteiger partial charge in [0.1, 0.15) is 4.90 Å². The number of rotatable bonds is 2. The number of hydrogen-bond donors (Lipinski definition) is 1. The Labute approximate surface area is 126 Å². The molecule has 1 aliphatic heterocycles. The van der Waals surface area contributed by atoms with E-state index in [0.29, 0.717) is 24.7 Å². The topological polar surface area (TPSA) is 63.4 Å². The van der Waals surface area contributed by atoms with Crippen LogP contribution in [0, 0.1) is 12.8 Å². The molecule has 1 aromatic rings. The van der Waals surface area contributed by atoms with E-state index in [1.54, 1.807) is 6.07 Å². The molecule has 0 aromatic heterocycles. The first-order valence-electron chi connectivity index (χ1n) is 6.88. The molecule has 2 rings (SSSR count). The molecule has 1 heterocycles. The van der Waals surface area contributed by atoms with Crippen molar-refractivity contribution in [1.29, 1.82) is 0 Å². The van der Waals surface area contributed by atoms with Crippen LogP contribution in [0.3, 0.4) is 0 Å². The van der Waals surface area contributed by atoms with Gasteiger partial charge in [0, 0.05) is 18.8 Å². The quantitative estimate of drug-likeness (QED) is 0.853. The lowest BCUT2D eigenvalue weighted by Gasteiger charge is -2.21. The van der Waals surface area contributed by atoms with Gasteiger partial charge in [0.2, 0.25) is 10.0 Å². The van der Waals surface area contributed by atoms with Gasteiger partial charge in [-0.25, -0.2) is 8.42 Å². The van der Waals surface area contributed by atoms with Gasteiger partial charge in [-0.1, -0.05) is 18.5 Å². The zero-order valence-electron chi connectivity index (χ0n) is 11.9. The van der Waals surface area contributed by atoms with E-state index in [9.17, 15) is 8.42 Å². The van der Waals surface area contributed by atoms with Gasteiger partial charge in [-0.2, -0.15) is 4.31 Å². The Morgan fingerprint density at radius 3 is 2.70 bits per heavy atom. The molecule has 1 atom stereocenters. The predicted octanol–water partition coefficient (Wildman–Crippen LogP) is 3.04. The highest BCUT2D eigenvalue weighted by molar-refractivity contribution is 7.89. The monoisotopic (exact) mass is 316 g/mol. The van der Waals surface area contributed by atoms with Crippen molar-refractivity contribution in [2.75, 3.05) is 18.8 Å². The summed E-state index contributed by atoms with van der Waals surface area (Å²) in [6.45, 7) is 5.07. The van der Waals surface area contributed by atoms with Gasteiger partial charge < -0.3 is 5.73 Å². The molecule has 1 aromatic carbocycles. The number of nitrogen functional groups attached to an aromatic ring is 1. The average Bonchev–Trinajstić information content (AvgIpc) is 2.59. The van der Waals surface area contributed by atoms with E-state index >= 15 is 0 Å². The summed E-state index contributed by atoms with van der Waals surface area (Å²) in [4.78, 5) is 0.122. The molecule has 0 radical (unpaired) electrons. The average molecular weight is 317 g/mol. The molecule has 112 valence electrons. The van der Waals surface area contributed by atoms with Crippen LogP contribution in [0.25, 0.3) is 0 Å². The van der Waals surface area contributed by atoms with Gasteiger partial charge in [0.05, 0.1) is 5.02 Å². The second-order valence-corrected chi connectivity index (χ2v) is 7.89. The third kappa shape index (κ3) is 3.10. The fraction of sp³-hybridized carbons (Fsp3) is 0.571. The Kier molecular flexibility index (Phi) is 4.62. The Hall–Kier alpha value is -0.780. The summed E-state index contributed by atoms with van der Waals surface area (Å²) in [5, 5.41) is 0.244. The highest BCUT2D eigenvalue weighted by Gasteiger charge is 2.28. The molecule has 20 heavy (non-hydrogen) atoms. The van der Waals surface area contributed by atoms with Crippen molar-refractivity contribution in [3.63, 3.8) is 0 Å². The molecular weight excluding hydrogens is 296 g/mol. The first-order chi connectivity index (χ1) is 9.32. The fourth-order valence-corrected chi connectivity index (χ4v) is 4.57. The molecule has 1 aliphatic rings. The maximum absolute atomic E-state index is 12.7. The molecule has 6 heteroatoms. The van der Waals surface area contributed by atoms with Crippen LogP contribution < -0.4 is 5.73 Å². The molecule has 0 amide bonds. The van der Waals surface area contributed by atoms with Crippen molar-refractivity contribution in [1.82, 2.24) is 4.31 Å². The fourth-order valence-electron chi connectivity index (χ4n) is 2.48. The van der Waals surface area contributed by atoms with E-state index in [1.807, 2.05) is 6.92 Å². The maximum Gasteiger partial charge on any atom is 0.244 e. The zero-order valence-corrected chi connectivity index (χ0v) is 13.5. The van der Waals surface area contributed by atoms with Crippen molar-refractivity contribution < 1.29 is 8.42 Å². The Morgan fingerprint density at radius 2 is 2.00 bits per heavy atom. The van der Waals surface area contributed by atoms with Crippen LogP contribution in [0.5, 0.6) is 0 Å². The minimum absolute atomic E-state index is 0.122. The lowest BCUT2D eigenvalue weighted by atomic mass is 10.0. The number of aryl methyl sites for hydroxylation is 1. The van der Waals surface area contributed by atoms with Gasteiger partial charge in [-0.15, -0.1) is 0 Å². The number of hydrogen-bond acceptors (Lipinski definition) is 3. The standard InChI is InChI=1S/C14H21ClN2O2S/c1-10-4-3-6-17(7-5-10)20(18,19)14-9-13(16)11(2)8-12(14)15/h8-10H,3-7,16H2,1-2H3. The molecule has 4 nitrogen and oxygen atoms in total. The Morgan fingerprint density at radius 1 is 1.30 bits per heavy atom. The summed E-state index contributed by atoms with van der Waals surface area (Å²) < 4.78 is 27.0. The van der Waals surface area contributed by atoms with Gasteiger partial charge in [-0.05, 0) is 49.8 Å². The molecule has 1 unspecified atom stereocenters. The van der Waals surface area contributed by atoms with Crippen LogP contribution in [0.15, 0.2) is 17.0 Å². The van der Waals surface area contributed by atoms with Gasteiger partial charge in [0.15, 0.2) is 0 Å². The van der Waals surface area contributed by atoms with Crippen molar-refractivity contribution in [2.24, 2.45) is 5.92 Å². The molecule has 1 saturated heterocycles. The lowest BCUT2D eigenvalue weighted by Crippen LogP contribution is -2.32. The van der Waals surface area contributed by atoms with Crippen LogP contribution in [-0.4, -0.2) is 25.8 Å². The van der Waals surface area contributed by atoms with Crippen LogP contribution in [-0.2, 0) is 10.0 Å². The minimum atomic E-state index is -3.56. The second-order valence-electron chi connectivity index (χ2n) is 5.58. The maximum atomic E-state index is 12.7. The molecule has 0 aliphatic carbocycles. The number of anilines is 1. The van der Waals surface area contributed by atoms with Crippen molar-refractivity contribution in [3.8, 4) is 0 Å². The van der Waals surface area contributed by atoms with Crippen molar-refractivity contribution >= 4 is 27.3 Å². The van der Waals surface area contributed by atoms with Gasteiger partial charge >= 0.3 is 0 Å². The number of halogens is 1. The van der Waals surface area contributed by atoms with Crippen LogP contribution in [0.2, 0.25) is 5.02 Å². The van der Waals surface area contributed by atoms with Crippen molar-refractivity contribution in [3.05, 3.63) is 22.7 Å². The molecular formula is C14H21ClN2O2S. The van der Waals surface area contributed by atoms with Crippen LogP contribution in [0.4, 0.5) is 5.69 Å². The smallest absolute Gasteiger partial charge is 0.244 e. The minimum Gasteiger partial charge on any atom is -0.398 e. The second kappa shape index (κ2) is 5.92. The number of sulfonamides is 1. The van der Waals surface area contributed by atoms with Crippen LogP contribution >= 0.6 is 11.6 Å². The zero-order chi connectivity index (χ0) is 14.9. The van der Waals surface area contributed by atoms with E-state index in [4.69, 9.17) is 17.3 Å². The summed E-state index contributed by atoms with van der Waals surface area (Å²) in [6.07, 6.45) is 2.84. The Balaban J connectivity index is 2.37. The third-order valence-corrected chi connectivity index (χ3v) is 6.28. The Bertz CT molecular complexity index is 601. The van der Waals surface area contributed by atoms with Crippen molar-refractivity contribution in [2.45, 2.75) is 38.0 Å². The molecule has 0 spiro atoms. The highest BCUT2D eigenvalue weighted by Crippen LogP contribution is 2.30. The third-order valence-electron chi connectivity index (χ3n) is 3.91. The largest absolute Gasteiger partial charge is 0.398 e. The highest BCUT2D eigenvalue weighted by atomic mass is 35.5. The molecule has 2 N–H and O–H groups in total. The molecule has 1 fully saturated rings. The van der Waals surface area contributed by atoms with E-state index in [1.165, 1.54) is 10.4 Å². The predicted molar refractivity (Wildman–Crippen MR) is 82.4 cm³/mol. The van der Waals surface area contributed by atoms with E-state index in [2.05, 4.69) is 6.92 Å². The normalized spacial score (nSPS) is 21.6. The summed E-state index contributed by atoms with van der Waals surface area (Å²) in [5.74, 6) is 0.564.